The van der Waals surface area contributed by atoms with Gasteiger partial charge in [0, 0.05) is 11.6 Å². The molecular weight excluding hydrogens is 273 g/mol. The van der Waals surface area contributed by atoms with E-state index in [2.05, 4.69) is 16.0 Å². The number of carbonyl (C=O) groups excluding carboxylic acids is 2. The zero-order chi connectivity index (χ0) is 14.3. The van der Waals surface area contributed by atoms with Crippen LogP contribution in [-0.4, -0.2) is 25.0 Å². The molecule has 0 heterocycles. The van der Waals surface area contributed by atoms with Crippen LogP contribution in [0.2, 0.25) is 5.02 Å². The highest BCUT2D eigenvalue weighted by atomic mass is 35.5. The van der Waals surface area contributed by atoms with E-state index < -0.39 is 11.8 Å². The maximum atomic E-state index is 13.3. The summed E-state index contributed by atoms with van der Waals surface area (Å²) in [5, 5.41) is 7.49. The summed E-state index contributed by atoms with van der Waals surface area (Å²) in [5.41, 5.74) is -0.0426. The van der Waals surface area contributed by atoms with Gasteiger partial charge in [0.2, 0.25) is 5.91 Å². The molecule has 0 fully saturated rings. The molecule has 0 aliphatic carbocycles. The Morgan fingerprint density at radius 3 is 2.74 bits per heavy atom. The molecule has 0 unspecified atom stereocenters. The standard InChI is InChI=1S/C12H15ClFN3O2/c1-2-5-15-11(18)7-16-12(19)17-10-6-8(13)3-4-9(10)14/h3-4,6H,2,5,7H2,1H3,(H,15,18)(H2,16,17,19). The first-order chi connectivity index (χ1) is 9.02. The molecule has 0 spiro atoms. The molecule has 0 saturated carbocycles. The second-order valence-electron chi connectivity index (χ2n) is 3.78. The zero-order valence-corrected chi connectivity index (χ0v) is 11.2. The van der Waals surface area contributed by atoms with Crippen molar-refractivity contribution < 1.29 is 14.0 Å². The number of hydrogen-bond acceptors (Lipinski definition) is 2. The number of anilines is 1. The molecule has 1 rings (SSSR count). The van der Waals surface area contributed by atoms with Crippen molar-refractivity contribution in [1.82, 2.24) is 10.6 Å². The van der Waals surface area contributed by atoms with Gasteiger partial charge in [-0.15, -0.1) is 0 Å². The lowest BCUT2D eigenvalue weighted by Crippen LogP contribution is -2.39. The van der Waals surface area contributed by atoms with Gasteiger partial charge in [0.05, 0.1) is 12.2 Å². The first-order valence-electron chi connectivity index (χ1n) is 5.79. The number of rotatable bonds is 5. The molecule has 3 amide bonds. The van der Waals surface area contributed by atoms with Crippen LogP contribution in [0.1, 0.15) is 13.3 Å². The Hall–Kier alpha value is -1.82. The van der Waals surface area contributed by atoms with Crippen LogP contribution < -0.4 is 16.0 Å². The van der Waals surface area contributed by atoms with Crippen LogP contribution in [0.5, 0.6) is 0 Å². The molecular formula is C12H15ClFN3O2. The summed E-state index contributed by atoms with van der Waals surface area (Å²) in [5.74, 6) is -0.904. The summed E-state index contributed by atoms with van der Waals surface area (Å²) in [6.07, 6.45) is 0.811. The van der Waals surface area contributed by atoms with Gasteiger partial charge in [-0.05, 0) is 24.6 Å². The zero-order valence-electron chi connectivity index (χ0n) is 10.4. The van der Waals surface area contributed by atoms with Crippen LogP contribution in [0.15, 0.2) is 18.2 Å². The third-order valence-corrected chi connectivity index (χ3v) is 2.39. The normalized spacial score (nSPS) is 9.84. The number of halogens is 2. The van der Waals surface area contributed by atoms with Crippen molar-refractivity contribution in [3.05, 3.63) is 29.0 Å². The van der Waals surface area contributed by atoms with Crippen molar-refractivity contribution in [2.24, 2.45) is 0 Å². The molecule has 0 saturated heterocycles. The minimum Gasteiger partial charge on any atom is -0.355 e. The summed E-state index contributed by atoms with van der Waals surface area (Å²) in [6, 6.07) is 3.13. The molecule has 5 nitrogen and oxygen atoms in total. The van der Waals surface area contributed by atoms with E-state index >= 15 is 0 Å². The highest BCUT2D eigenvalue weighted by Gasteiger charge is 2.08. The van der Waals surface area contributed by atoms with Gasteiger partial charge < -0.3 is 16.0 Å². The van der Waals surface area contributed by atoms with Gasteiger partial charge in [0.25, 0.3) is 0 Å². The molecule has 0 radical (unpaired) electrons. The average Bonchev–Trinajstić information content (AvgIpc) is 2.38. The van der Waals surface area contributed by atoms with Gasteiger partial charge >= 0.3 is 6.03 Å². The van der Waals surface area contributed by atoms with Gasteiger partial charge in [0.15, 0.2) is 0 Å². The summed E-state index contributed by atoms with van der Waals surface area (Å²) >= 11 is 5.68. The van der Waals surface area contributed by atoms with Crippen LogP contribution in [0.25, 0.3) is 0 Å². The lowest BCUT2D eigenvalue weighted by Gasteiger charge is -2.08. The van der Waals surface area contributed by atoms with Crippen LogP contribution in [0.3, 0.4) is 0 Å². The molecule has 0 aromatic heterocycles. The van der Waals surface area contributed by atoms with Gasteiger partial charge in [0.1, 0.15) is 5.82 Å². The summed E-state index contributed by atoms with van der Waals surface area (Å²) in [4.78, 5) is 22.7. The molecule has 104 valence electrons. The molecule has 7 heteroatoms. The number of benzene rings is 1. The Morgan fingerprint density at radius 1 is 1.32 bits per heavy atom. The summed E-state index contributed by atoms with van der Waals surface area (Å²) < 4.78 is 13.3. The summed E-state index contributed by atoms with van der Waals surface area (Å²) in [7, 11) is 0. The molecule has 1 aromatic rings. The lowest BCUT2D eigenvalue weighted by molar-refractivity contribution is -0.120. The van der Waals surface area contributed by atoms with E-state index in [0.717, 1.165) is 12.5 Å². The fraction of sp³-hybridized carbons (Fsp3) is 0.333. The van der Waals surface area contributed by atoms with Crippen LogP contribution in [0.4, 0.5) is 14.9 Å². The Balaban J connectivity index is 2.43. The van der Waals surface area contributed by atoms with E-state index in [0.29, 0.717) is 11.6 Å². The number of urea groups is 1. The highest BCUT2D eigenvalue weighted by molar-refractivity contribution is 6.30. The maximum absolute atomic E-state index is 13.3. The van der Waals surface area contributed by atoms with Crippen molar-refractivity contribution >= 4 is 29.2 Å². The quantitative estimate of drug-likeness (QED) is 0.776. The number of hydrogen-bond donors (Lipinski definition) is 3. The smallest absolute Gasteiger partial charge is 0.319 e. The lowest BCUT2D eigenvalue weighted by atomic mass is 10.3. The second-order valence-corrected chi connectivity index (χ2v) is 4.22. The fourth-order valence-corrected chi connectivity index (χ4v) is 1.42. The third-order valence-electron chi connectivity index (χ3n) is 2.16. The average molecular weight is 288 g/mol. The Kier molecular flexibility index (Phi) is 6.08. The topological polar surface area (TPSA) is 70.2 Å². The molecule has 0 bridgehead atoms. The van der Waals surface area contributed by atoms with Gasteiger partial charge in [-0.3, -0.25) is 4.79 Å². The van der Waals surface area contributed by atoms with E-state index in [-0.39, 0.29) is 18.1 Å². The maximum Gasteiger partial charge on any atom is 0.319 e. The number of carbonyl (C=O) groups is 2. The highest BCUT2D eigenvalue weighted by Crippen LogP contribution is 2.19. The molecule has 3 N–H and O–H groups in total. The van der Waals surface area contributed by atoms with Crippen LogP contribution in [0, 0.1) is 5.82 Å². The fourth-order valence-electron chi connectivity index (χ4n) is 1.25. The number of amides is 3. The summed E-state index contributed by atoms with van der Waals surface area (Å²) in [6.45, 7) is 2.29. The van der Waals surface area contributed by atoms with E-state index in [9.17, 15) is 14.0 Å². The molecule has 0 aliphatic heterocycles. The van der Waals surface area contributed by atoms with Gasteiger partial charge in [-0.2, -0.15) is 0 Å². The van der Waals surface area contributed by atoms with Crippen LogP contribution in [-0.2, 0) is 4.79 Å². The van der Waals surface area contributed by atoms with Crippen molar-refractivity contribution in [3.63, 3.8) is 0 Å². The third kappa shape index (κ3) is 5.56. The van der Waals surface area contributed by atoms with Crippen molar-refractivity contribution in [1.29, 1.82) is 0 Å². The minimum atomic E-state index is -0.673. The SMILES string of the molecule is CCCNC(=O)CNC(=O)Nc1cc(Cl)ccc1F. The largest absolute Gasteiger partial charge is 0.355 e. The van der Waals surface area contributed by atoms with E-state index in [4.69, 9.17) is 11.6 Å². The Bertz CT molecular complexity index is 468. The van der Waals surface area contributed by atoms with E-state index in [1.54, 1.807) is 0 Å². The molecule has 1 aromatic carbocycles. The molecule has 0 atom stereocenters. The van der Waals surface area contributed by atoms with Gasteiger partial charge in [-0.25, -0.2) is 9.18 Å². The molecule has 0 aliphatic rings. The van der Waals surface area contributed by atoms with E-state index in [1.807, 2.05) is 6.92 Å². The Labute approximate surface area is 115 Å². The Morgan fingerprint density at radius 2 is 2.05 bits per heavy atom. The number of nitrogens with one attached hydrogen (secondary N) is 3. The molecule has 19 heavy (non-hydrogen) atoms. The van der Waals surface area contributed by atoms with Crippen LogP contribution >= 0.6 is 11.6 Å². The first-order valence-corrected chi connectivity index (χ1v) is 6.17. The monoisotopic (exact) mass is 287 g/mol. The second kappa shape index (κ2) is 7.58. The predicted molar refractivity (Wildman–Crippen MR) is 71.7 cm³/mol. The van der Waals surface area contributed by atoms with Gasteiger partial charge in [-0.1, -0.05) is 18.5 Å². The predicted octanol–water partition coefficient (Wildman–Crippen LogP) is 2.13. The first kappa shape index (κ1) is 15.2. The minimum absolute atomic E-state index is 0.0426. The van der Waals surface area contributed by atoms with E-state index in [1.165, 1.54) is 12.1 Å². The van der Waals surface area contributed by atoms with Crippen molar-refractivity contribution in [3.8, 4) is 0 Å². The van der Waals surface area contributed by atoms with Crippen molar-refractivity contribution in [2.75, 3.05) is 18.4 Å². The van der Waals surface area contributed by atoms with Crippen molar-refractivity contribution in [2.45, 2.75) is 13.3 Å².